The topological polar surface area (TPSA) is 89.1 Å². The van der Waals surface area contributed by atoms with E-state index in [9.17, 15) is 18.0 Å². The van der Waals surface area contributed by atoms with Gasteiger partial charge < -0.3 is 15.2 Å². The molecule has 2 N–H and O–H groups in total. The second-order valence-electron chi connectivity index (χ2n) is 8.00. The van der Waals surface area contributed by atoms with Gasteiger partial charge in [-0.2, -0.15) is 17.6 Å². The number of hydrogen-bond donors (Lipinski definition) is 2. The molecule has 35 heavy (non-hydrogen) atoms. The number of nitrogens with one attached hydrogen (secondary N) is 2. The number of nitrogens with zero attached hydrogens (tertiary/aromatic N) is 1. The first-order valence-corrected chi connectivity index (χ1v) is 10.9. The Morgan fingerprint density at radius 1 is 1.00 bits per heavy atom. The summed E-state index contributed by atoms with van der Waals surface area (Å²) in [5.74, 6) is -2.61. The molecule has 1 aliphatic carbocycles. The molecule has 6 nitrogen and oxygen atoms in total. The Morgan fingerprint density at radius 2 is 1.66 bits per heavy atom. The molecular weight excluding hydrogens is 483 g/mol. The number of imidazole rings is 1. The van der Waals surface area contributed by atoms with Crippen molar-refractivity contribution in [1.29, 1.82) is 0 Å². The molecule has 2 aromatic heterocycles. The molecule has 0 saturated heterocycles. The van der Waals surface area contributed by atoms with Crippen LogP contribution in [-0.2, 0) is 10.3 Å². The summed E-state index contributed by atoms with van der Waals surface area (Å²) in [6, 6.07) is 23.7. The van der Waals surface area contributed by atoms with Crippen LogP contribution in [0.3, 0.4) is 0 Å². The van der Waals surface area contributed by atoms with Gasteiger partial charge in [-0.25, -0.2) is 4.98 Å². The van der Waals surface area contributed by atoms with Crippen LogP contribution in [0.5, 0.6) is 0 Å². The second-order valence-corrected chi connectivity index (χ2v) is 8.44. The van der Waals surface area contributed by atoms with E-state index in [-0.39, 0.29) is 11.4 Å². The molecular formula is C25H19ClF3N3O3. The second kappa shape index (κ2) is 9.42. The van der Waals surface area contributed by atoms with Crippen molar-refractivity contribution in [3.63, 3.8) is 0 Å². The van der Waals surface area contributed by atoms with Crippen molar-refractivity contribution < 1.29 is 32.3 Å². The minimum atomic E-state index is -5.19. The van der Waals surface area contributed by atoms with Gasteiger partial charge >= 0.3 is 17.9 Å². The van der Waals surface area contributed by atoms with Crippen LogP contribution in [0.4, 0.5) is 13.2 Å². The minimum absolute atomic E-state index is 0.115. The maximum Gasteiger partial charge on any atom is 0.430 e. The van der Waals surface area contributed by atoms with Gasteiger partial charge in [-0.3, -0.25) is 4.79 Å². The Bertz CT molecular complexity index is 1380. The Balaban J connectivity index is 0.000000364. The number of fused-ring (bicyclic) bond motifs is 1. The summed E-state index contributed by atoms with van der Waals surface area (Å²) in [6.07, 6.45) is -1.39. The summed E-state index contributed by atoms with van der Waals surface area (Å²) >= 11 is 6.18. The van der Waals surface area contributed by atoms with Gasteiger partial charge in [-0.1, -0.05) is 60.1 Å². The number of H-pyrrole nitrogens is 1. The van der Waals surface area contributed by atoms with E-state index < -0.39 is 12.1 Å². The summed E-state index contributed by atoms with van der Waals surface area (Å²) in [5, 5.41) is 12.7. The molecule has 0 radical (unpaired) electrons. The standard InChI is InChI=1S/C23H18ClN3O.C2HF3O2/c24-18-10-6-7-16(15-18)20-19-11-4-5-14-27(19)21(25-20)22(28)26-23(12-13-23)17-8-2-1-3-9-17;3-2(4,5)1(6)7/h1-11,14-15H,12-13H2,(H,26,28);(H,6,7). The lowest BCUT2D eigenvalue weighted by atomic mass is 10.1. The van der Waals surface area contributed by atoms with Crippen molar-refractivity contribution >= 4 is 29.0 Å². The molecule has 4 aromatic rings. The maximum absolute atomic E-state index is 13.2. The van der Waals surface area contributed by atoms with Gasteiger partial charge in [0.05, 0.1) is 11.7 Å². The lowest BCUT2D eigenvalue weighted by Crippen LogP contribution is -2.40. The molecule has 0 unspecified atom stereocenters. The summed E-state index contributed by atoms with van der Waals surface area (Å²) in [6.45, 7) is 0. The molecule has 2 heterocycles. The van der Waals surface area contributed by atoms with Gasteiger partial charge in [-0.05, 0) is 42.7 Å². The first kappa shape index (κ1) is 24.3. The molecule has 0 aliphatic heterocycles. The van der Waals surface area contributed by atoms with Crippen LogP contribution in [0.25, 0.3) is 16.8 Å². The third kappa shape index (κ3) is 5.30. The van der Waals surface area contributed by atoms with Crippen LogP contribution in [0.15, 0.2) is 79.0 Å². The summed E-state index contributed by atoms with van der Waals surface area (Å²) in [4.78, 5) is 25.3. The van der Waals surface area contributed by atoms with E-state index in [1.165, 1.54) is 0 Å². The zero-order valence-corrected chi connectivity index (χ0v) is 18.9. The number of rotatable bonds is 4. The first-order valence-electron chi connectivity index (χ1n) is 10.6. The van der Waals surface area contributed by atoms with Crippen LogP contribution < -0.4 is 14.8 Å². The molecule has 1 aliphatic rings. The van der Waals surface area contributed by atoms with Gasteiger partial charge in [0.1, 0.15) is 5.97 Å². The molecule has 10 heteroatoms. The van der Waals surface area contributed by atoms with Crippen LogP contribution >= 0.6 is 11.6 Å². The van der Waals surface area contributed by atoms with Crippen LogP contribution in [0.2, 0.25) is 5.02 Å². The molecule has 2 aromatic carbocycles. The molecule has 0 spiro atoms. The fourth-order valence-electron chi connectivity index (χ4n) is 3.76. The Kier molecular flexibility index (Phi) is 6.53. The van der Waals surface area contributed by atoms with Crippen molar-refractivity contribution in [2.45, 2.75) is 24.6 Å². The zero-order valence-electron chi connectivity index (χ0n) is 18.1. The van der Waals surface area contributed by atoms with Crippen molar-refractivity contribution in [3.05, 3.63) is 95.4 Å². The number of carboxylic acids is 1. The highest BCUT2D eigenvalue weighted by Gasteiger charge is 2.47. The molecule has 0 atom stereocenters. The molecule has 1 amide bonds. The summed E-state index contributed by atoms with van der Waals surface area (Å²) in [7, 11) is 0. The lowest BCUT2D eigenvalue weighted by Gasteiger charge is -2.16. The number of aromatic nitrogens is 2. The van der Waals surface area contributed by atoms with Gasteiger partial charge in [0.25, 0.3) is 0 Å². The van der Waals surface area contributed by atoms with Gasteiger partial charge in [-0.15, -0.1) is 0 Å². The Morgan fingerprint density at radius 3 is 2.26 bits per heavy atom. The fraction of sp³-hybridized carbons (Fsp3) is 0.160. The van der Waals surface area contributed by atoms with Gasteiger partial charge in [0.2, 0.25) is 0 Å². The predicted molar refractivity (Wildman–Crippen MR) is 120 cm³/mol. The highest BCUT2D eigenvalue weighted by Crippen LogP contribution is 2.45. The fourth-order valence-corrected chi connectivity index (χ4v) is 3.95. The number of alkyl halides is 3. The minimum Gasteiger partial charge on any atom is -0.542 e. The number of pyridine rings is 1. The Labute approximate surface area is 203 Å². The van der Waals surface area contributed by atoms with Gasteiger partial charge in [0, 0.05) is 10.6 Å². The van der Waals surface area contributed by atoms with E-state index in [0.29, 0.717) is 10.8 Å². The van der Waals surface area contributed by atoms with E-state index in [4.69, 9.17) is 21.5 Å². The van der Waals surface area contributed by atoms with Gasteiger partial charge in [0.15, 0.2) is 11.2 Å². The number of carbonyl (C=O) groups excluding carboxylic acids is 2. The average molecular weight is 502 g/mol. The number of aliphatic carboxylic acids is 1. The van der Waals surface area contributed by atoms with E-state index in [1.807, 2.05) is 71.3 Å². The maximum atomic E-state index is 13.2. The highest BCUT2D eigenvalue weighted by atomic mass is 35.5. The number of halogens is 4. The van der Waals surface area contributed by atoms with Crippen LogP contribution in [0, 0.1) is 0 Å². The molecule has 1 fully saturated rings. The monoisotopic (exact) mass is 501 g/mol. The van der Waals surface area contributed by atoms with Crippen molar-refractivity contribution in [2.24, 2.45) is 0 Å². The smallest absolute Gasteiger partial charge is 0.430 e. The zero-order chi connectivity index (χ0) is 25.2. The lowest BCUT2D eigenvalue weighted by molar-refractivity contribution is -0.514. The van der Waals surface area contributed by atoms with Crippen molar-refractivity contribution in [1.82, 2.24) is 10.3 Å². The van der Waals surface area contributed by atoms with Crippen LogP contribution in [0.1, 0.15) is 29.0 Å². The van der Waals surface area contributed by atoms with Crippen molar-refractivity contribution in [2.75, 3.05) is 0 Å². The largest absolute Gasteiger partial charge is 0.542 e. The number of aromatic amines is 1. The third-order valence-corrected chi connectivity index (χ3v) is 5.82. The van der Waals surface area contributed by atoms with E-state index in [1.54, 1.807) is 0 Å². The number of carboxylic acid groups (broad SMARTS) is 1. The third-order valence-electron chi connectivity index (χ3n) is 5.59. The first-order chi connectivity index (χ1) is 16.6. The van der Waals surface area contributed by atoms with E-state index >= 15 is 0 Å². The number of carbonyl (C=O) groups is 2. The number of amides is 1. The molecule has 0 bridgehead atoms. The van der Waals surface area contributed by atoms with E-state index in [2.05, 4.69) is 22.4 Å². The SMILES string of the molecule is O=C(NC1(c2ccccc2)CC1)c1[nH]c(-c2cccc(Cl)c2)c2cccc[n+]12.O=C([O-])C(F)(F)F. The molecule has 180 valence electrons. The predicted octanol–water partition coefficient (Wildman–Crippen LogP) is 3.79. The molecule has 1 saturated carbocycles. The normalized spacial score (nSPS) is 14.1. The van der Waals surface area contributed by atoms with E-state index in [0.717, 1.165) is 35.2 Å². The molecule has 5 rings (SSSR count). The summed E-state index contributed by atoms with van der Waals surface area (Å²) < 4.78 is 33.4. The number of hydrogen-bond acceptors (Lipinski definition) is 3. The van der Waals surface area contributed by atoms with Crippen molar-refractivity contribution in [3.8, 4) is 11.3 Å². The quantitative estimate of drug-likeness (QED) is 0.417. The highest BCUT2D eigenvalue weighted by molar-refractivity contribution is 6.30. The van der Waals surface area contributed by atoms with Crippen LogP contribution in [-0.4, -0.2) is 23.0 Å². The Hall–Kier alpha value is -3.85. The summed E-state index contributed by atoms with van der Waals surface area (Å²) in [5.41, 5.74) is 3.64. The average Bonchev–Trinajstić information content (AvgIpc) is 3.50. The number of benzene rings is 2.